The number of anilines is 1. The number of nitrogens with one attached hydrogen (secondary N) is 2. The molecule has 1 amide bonds. The summed E-state index contributed by atoms with van der Waals surface area (Å²) < 4.78 is 28.1. The summed E-state index contributed by atoms with van der Waals surface area (Å²) in [5.41, 5.74) is 2.80. The van der Waals surface area contributed by atoms with Gasteiger partial charge in [0.05, 0.1) is 4.90 Å². The maximum absolute atomic E-state index is 12.8. The molecule has 2 N–H and O–H groups in total. The Balaban J connectivity index is 1.74. The molecule has 1 heterocycles. The predicted molar refractivity (Wildman–Crippen MR) is 111 cm³/mol. The Bertz CT molecular complexity index is 977. The van der Waals surface area contributed by atoms with Gasteiger partial charge in [-0.05, 0) is 74.8 Å². The van der Waals surface area contributed by atoms with Crippen molar-refractivity contribution in [3.63, 3.8) is 0 Å². The number of amides is 1. The van der Waals surface area contributed by atoms with Crippen molar-refractivity contribution in [2.75, 3.05) is 11.3 Å². The molecule has 6 nitrogen and oxygen atoms in total. The van der Waals surface area contributed by atoms with Crippen molar-refractivity contribution in [3.8, 4) is 0 Å². The van der Waals surface area contributed by atoms with Crippen molar-refractivity contribution in [3.05, 3.63) is 59.2 Å². The standard InChI is InChI=1S/C21H27N3O3S/c1-5-24-13-16-8-11-19(12-17(16)14-24)28(26,27)23-18-9-6-15(7-10-18)20(25)22-21(2,3)4/h6-12,23H,5,13-14H2,1-4H3,(H,22,25). The Morgan fingerprint density at radius 1 is 1.04 bits per heavy atom. The molecule has 0 spiro atoms. The van der Waals surface area contributed by atoms with Gasteiger partial charge in [-0.1, -0.05) is 13.0 Å². The van der Waals surface area contributed by atoms with Gasteiger partial charge < -0.3 is 5.32 Å². The second kappa shape index (κ2) is 7.56. The molecule has 0 aliphatic carbocycles. The number of hydrogen-bond donors (Lipinski definition) is 2. The number of sulfonamides is 1. The van der Waals surface area contributed by atoms with E-state index in [4.69, 9.17) is 0 Å². The summed E-state index contributed by atoms with van der Waals surface area (Å²) in [5, 5.41) is 2.88. The Hall–Kier alpha value is -2.38. The van der Waals surface area contributed by atoms with Crippen molar-refractivity contribution in [1.82, 2.24) is 10.2 Å². The largest absolute Gasteiger partial charge is 0.347 e. The lowest BCUT2D eigenvalue weighted by molar-refractivity contribution is 0.0919. The van der Waals surface area contributed by atoms with Gasteiger partial charge in [0.15, 0.2) is 0 Å². The van der Waals surface area contributed by atoms with Crippen molar-refractivity contribution in [2.45, 2.75) is 51.2 Å². The molecule has 1 aliphatic rings. The number of fused-ring (bicyclic) bond motifs is 1. The average molecular weight is 402 g/mol. The zero-order valence-electron chi connectivity index (χ0n) is 16.7. The minimum atomic E-state index is -3.69. The monoisotopic (exact) mass is 401 g/mol. The molecule has 0 bridgehead atoms. The van der Waals surface area contributed by atoms with Crippen LogP contribution in [0.2, 0.25) is 0 Å². The van der Waals surface area contributed by atoms with Crippen LogP contribution in [0.5, 0.6) is 0 Å². The van der Waals surface area contributed by atoms with Crippen molar-refractivity contribution in [2.24, 2.45) is 0 Å². The molecular weight excluding hydrogens is 374 g/mol. The van der Waals surface area contributed by atoms with Crippen LogP contribution in [0, 0.1) is 0 Å². The minimum Gasteiger partial charge on any atom is -0.347 e. The van der Waals surface area contributed by atoms with Crippen molar-refractivity contribution < 1.29 is 13.2 Å². The van der Waals surface area contributed by atoms with Crippen LogP contribution in [0.25, 0.3) is 0 Å². The van der Waals surface area contributed by atoms with Gasteiger partial charge in [0.1, 0.15) is 0 Å². The molecule has 2 aromatic rings. The maximum Gasteiger partial charge on any atom is 0.261 e. The summed E-state index contributed by atoms with van der Waals surface area (Å²) in [6.45, 7) is 10.4. The highest BCUT2D eigenvalue weighted by atomic mass is 32.2. The lowest BCUT2D eigenvalue weighted by Gasteiger charge is -2.20. The summed E-state index contributed by atoms with van der Waals surface area (Å²) in [4.78, 5) is 14.7. The quantitative estimate of drug-likeness (QED) is 0.805. The van der Waals surface area contributed by atoms with Crippen LogP contribution in [-0.2, 0) is 23.1 Å². The van der Waals surface area contributed by atoms with Crippen LogP contribution >= 0.6 is 0 Å². The van der Waals surface area contributed by atoms with Crippen LogP contribution in [0.15, 0.2) is 47.4 Å². The number of rotatable bonds is 5. The van der Waals surface area contributed by atoms with E-state index in [2.05, 4.69) is 21.9 Å². The second-order valence-corrected chi connectivity index (χ2v) is 9.80. The molecule has 0 saturated heterocycles. The van der Waals surface area contributed by atoms with E-state index >= 15 is 0 Å². The molecule has 0 fully saturated rings. The fourth-order valence-corrected chi connectivity index (χ4v) is 4.26. The van der Waals surface area contributed by atoms with Gasteiger partial charge in [-0.2, -0.15) is 0 Å². The SMILES string of the molecule is CCN1Cc2ccc(S(=O)(=O)Nc3ccc(C(=O)NC(C)(C)C)cc3)cc2C1. The maximum atomic E-state index is 12.8. The van der Waals surface area contributed by atoms with Gasteiger partial charge in [-0.15, -0.1) is 0 Å². The molecule has 7 heteroatoms. The highest BCUT2D eigenvalue weighted by Gasteiger charge is 2.22. The number of hydrogen-bond acceptors (Lipinski definition) is 4. The molecule has 3 rings (SSSR count). The number of benzene rings is 2. The van der Waals surface area contributed by atoms with E-state index in [9.17, 15) is 13.2 Å². The third-order valence-corrected chi connectivity index (χ3v) is 5.99. The Kier molecular flexibility index (Phi) is 5.50. The minimum absolute atomic E-state index is 0.194. The molecule has 0 radical (unpaired) electrons. The summed E-state index contributed by atoms with van der Waals surface area (Å²) in [5.74, 6) is -0.194. The first-order chi connectivity index (χ1) is 13.1. The normalized spacial score (nSPS) is 14.6. The average Bonchev–Trinajstić information content (AvgIpc) is 3.03. The zero-order chi connectivity index (χ0) is 20.5. The Morgan fingerprint density at radius 2 is 1.68 bits per heavy atom. The van der Waals surface area contributed by atoms with Gasteiger partial charge in [0, 0.05) is 29.9 Å². The van der Waals surface area contributed by atoms with Crippen LogP contribution in [-0.4, -0.2) is 31.3 Å². The molecule has 0 aromatic heterocycles. The van der Waals surface area contributed by atoms with Gasteiger partial charge in [-0.3, -0.25) is 14.4 Å². The Labute approximate surface area is 167 Å². The highest BCUT2D eigenvalue weighted by Crippen LogP contribution is 2.26. The first kappa shape index (κ1) is 20.4. The van der Waals surface area contributed by atoms with Gasteiger partial charge in [0.2, 0.25) is 0 Å². The smallest absolute Gasteiger partial charge is 0.261 e. The lowest BCUT2D eigenvalue weighted by atomic mass is 10.1. The topological polar surface area (TPSA) is 78.5 Å². The van der Waals surface area contributed by atoms with E-state index in [0.717, 1.165) is 25.2 Å². The third kappa shape index (κ3) is 4.72. The number of nitrogens with zero attached hydrogens (tertiary/aromatic N) is 1. The number of carbonyl (C=O) groups excluding carboxylic acids is 1. The van der Waals surface area contributed by atoms with Crippen LogP contribution in [0.3, 0.4) is 0 Å². The Morgan fingerprint density at radius 3 is 2.29 bits per heavy atom. The summed E-state index contributed by atoms with van der Waals surface area (Å²) in [6.07, 6.45) is 0. The van der Waals surface area contributed by atoms with E-state index in [1.165, 1.54) is 5.56 Å². The van der Waals surface area contributed by atoms with Gasteiger partial charge >= 0.3 is 0 Å². The van der Waals surface area contributed by atoms with Crippen molar-refractivity contribution in [1.29, 1.82) is 0 Å². The van der Waals surface area contributed by atoms with Crippen LogP contribution < -0.4 is 10.0 Å². The van der Waals surface area contributed by atoms with E-state index < -0.39 is 10.0 Å². The molecule has 150 valence electrons. The third-order valence-electron chi connectivity index (χ3n) is 4.61. The molecule has 2 aromatic carbocycles. The van der Waals surface area contributed by atoms with E-state index in [1.54, 1.807) is 36.4 Å². The molecule has 0 saturated carbocycles. The number of carbonyl (C=O) groups is 1. The van der Waals surface area contributed by atoms with Crippen molar-refractivity contribution >= 4 is 21.6 Å². The first-order valence-electron chi connectivity index (χ1n) is 9.37. The molecule has 0 unspecified atom stereocenters. The molecule has 28 heavy (non-hydrogen) atoms. The van der Waals surface area contributed by atoms with Gasteiger partial charge in [-0.25, -0.2) is 8.42 Å². The summed E-state index contributed by atoms with van der Waals surface area (Å²) >= 11 is 0. The molecular formula is C21H27N3O3S. The fourth-order valence-electron chi connectivity index (χ4n) is 3.15. The van der Waals surface area contributed by atoms with E-state index in [1.807, 2.05) is 26.8 Å². The first-order valence-corrected chi connectivity index (χ1v) is 10.9. The fraction of sp³-hybridized carbons (Fsp3) is 0.381. The summed E-state index contributed by atoms with van der Waals surface area (Å²) in [6, 6.07) is 11.7. The molecule has 0 atom stereocenters. The predicted octanol–water partition coefficient (Wildman–Crippen LogP) is 3.35. The lowest BCUT2D eigenvalue weighted by Crippen LogP contribution is -2.40. The summed E-state index contributed by atoms with van der Waals surface area (Å²) in [7, 11) is -3.69. The van der Waals surface area contributed by atoms with E-state index in [0.29, 0.717) is 11.3 Å². The second-order valence-electron chi connectivity index (χ2n) is 8.12. The zero-order valence-corrected chi connectivity index (χ0v) is 17.6. The van der Waals surface area contributed by atoms with Crippen LogP contribution in [0.4, 0.5) is 5.69 Å². The molecule has 1 aliphatic heterocycles. The van der Waals surface area contributed by atoms with Gasteiger partial charge in [0.25, 0.3) is 15.9 Å². The van der Waals surface area contributed by atoms with Crippen LogP contribution in [0.1, 0.15) is 49.2 Å². The highest BCUT2D eigenvalue weighted by molar-refractivity contribution is 7.92. The van der Waals surface area contributed by atoms with E-state index in [-0.39, 0.29) is 16.3 Å².